The fourth-order valence-electron chi connectivity index (χ4n) is 2.09. The average molecular weight is 282 g/mol. The Morgan fingerprint density at radius 1 is 1.26 bits per heavy atom. The summed E-state index contributed by atoms with van der Waals surface area (Å²) in [5.41, 5.74) is 0.971. The molecule has 0 unspecified atom stereocenters. The molecular weight excluding hydrogens is 256 g/mol. The molecule has 0 N–H and O–H groups in total. The number of carbonyl (C=O) groups excluding carboxylic acids is 1. The summed E-state index contributed by atoms with van der Waals surface area (Å²) in [7, 11) is 0. The van der Waals surface area contributed by atoms with Gasteiger partial charge in [0.2, 0.25) is 0 Å². The van der Waals surface area contributed by atoms with Crippen LogP contribution in [-0.2, 0) is 6.42 Å². The summed E-state index contributed by atoms with van der Waals surface area (Å²) in [6.07, 6.45) is 6.54. The quantitative estimate of drug-likeness (QED) is 0.500. The van der Waals surface area contributed by atoms with Crippen LogP contribution in [0.2, 0.25) is 0 Å². The lowest BCUT2D eigenvalue weighted by Gasteiger charge is -2.26. The van der Waals surface area contributed by atoms with E-state index in [0.29, 0.717) is 6.04 Å². The van der Waals surface area contributed by atoms with Crippen molar-refractivity contribution < 1.29 is 4.79 Å². The first kappa shape index (κ1) is 16.2. The van der Waals surface area contributed by atoms with Gasteiger partial charge in [0, 0.05) is 12.6 Å². The van der Waals surface area contributed by atoms with Crippen molar-refractivity contribution in [2.24, 2.45) is 0 Å². The predicted octanol–water partition coefficient (Wildman–Crippen LogP) is 4.31. The molecule has 0 aliphatic rings. The van der Waals surface area contributed by atoms with Crippen LogP contribution in [0.5, 0.6) is 0 Å². The van der Waals surface area contributed by atoms with Crippen molar-refractivity contribution in [2.75, 3.05) is 11.4 Å². The molecule has 1 aromatic rings. The molecule has 1 rings (SSSR count). The van der Waals surface area contributed by atoms with Gasteiger partial charge in [-0.3, -0.25) is 4.79 Å². The number of aldehydes is 1. The topological polar surface area (TPSA) is 33.2 Å². The van der Waals surface area contributed by atoms with Crippen molar-refractivity contribution >= 4 is 22.8 Å². The third kappa shape index (κ3) is 4.60. The second kappa shape index (κ2) is 8.31. The smallest absolute Gasteiger partial charge is 0.186 e. The molecule has 4 heteroatoms. The number of unbranched alkanes of at least 4 members (excludes halogenated alkanes) is 2. The first-order chi connectivity index (χ1) is 9.13. The first-order valence-electron chi connectivity index (χ1n) is 7.35. The van der Waals surface area contributed by atoms with Gasteiger partial charge < -0.3 is 4.90 Å². The van der Waals surface area contributed by atoms with Gasteiger partial charge in [-0.2, -0.15) is 0 Å². The van der Waals surface area contributed by atoms with E-state index in [2.05, 4.69) is 37.6 Å². The molecule has 0 spiro atoms. The minimum atomic E-state index is 0.428. The van der Waals surface area contributed by atoms with Gasteiger partial charge >= 0.3 is 0 Å². The highest BCUT2D eigenvalue weighted by Gasteiger charge is 2.17. The van der Waals surface area contributed by atoms with E-state index < -0.39 is 0 Å². The maximum Gasteiger partial charge on any atom is 0.186 e. The van der Waals surface area contributed by atoms with Crippen LogP contribution in [0.3, 0.4) is 0 Å². The zero-order valence-electron chi connectivity index (χ0n) is 12.6. The summed E-state index contributed by atoms with van der Waals surface area (Å²) in [5, 5.41) is 1.01. The molecular formula is C15H26N2OS. The molecule has 108 valence electrons. The minimum absolute atomic E-state index is 0.428. The maximum absolute atomic E-state index is 11.1. The summed E-state index contributed by atoms with van der Waals surface area (Å²) < 4.78 is 0. The number of aromatic nitrogens is 1. The van der Waals surface area contributed by atoms with E-state index >= 15 is 0 Å². The number of thiazole rings is 1. The SMILES string of the molecule is CCCCCN(c1nc(CCC)c(C=O)s1)C(C)C. The molecule has 0 fully saturated rings. The number of carbonyl (C=O) groups is 1. The molecule has 0 radical (unpaired) electrons. The Morgan fingerprint density at radius 2 is 2.00 bits per heavy atom. The fraction of sp³-hybridized carbons (Fsp3) is 0.733. The van der Waals surface area contributed by atoms with Crippen molar-refractivity contribution in [3.8, 4) is 0 Å². The zero-order valence-corrected chi connectivity index (χ0v) is 13.4. The van der Waals surface area contributed by atoms with E-state index in [1.54, 1.807) is 11.3 Å². The highest BCUT2D eigenvalue weighted by atomic mass is 32.1. The van der Waals surface area contributed by atoms with Gasteiger partial charge in [0.25, 0.3) is 0 Å². The van der Waals surface area contributed by atoms with Gasteiger partial charge in [0.05, 0.1) is 10.6 Å². The Morgan fingerprint density at radius 3 is 2.53 bits per heavy atom. The lowest BCUT2D eigenvalue weighted by atomic mass is 10.2. The van der Waals surface area contributed by atoms with E-state index in [4.69, 9.17) is 0 Å². The average Bonchev–Trinajstić information content (AvgIpc) is 2.77. The van der Waals surface area contributed by atoms with E-state index in [1.165, 1.54) is 19.3 Å². The number of nitrogens with zero attached hydrogens (tertiary/aromatic N) is 2. The standard InChI is InChI=1S/C15H26N2OS/c1-5-7-8-10-17(12(3)4)15-16-13(9-6-2)14(11-18)19-15/h11-12H,5-10H2,1-4H3. The summed E-state index contributed by atoms with van der Waals surface area (Å²) in [4.78, 5) is 18.9. The number of rotatable bonds is 9. The van der Waals surface area contributed by atoms with Crippen molar-refractivity contribution in [3.05, 3.63) is 10.6 Å². The number of hydrogen-bond donors (Lipinski definition) is 0. The maximum atomic E-state index is 11.1. The Balaban J connectivity index is 2.86. The summed E-state index contributed by atoms with van der Waals surface area (Å²) >= 11 is 1.54. The Kier molecular flexibility index (Phi) is 7.06. The molecule has 0 aliphatic carbocycles. The van der Waals surface area contributed by atoms with E-state index in [9.17, 15) is 4.79 Å². The summed E-state index contributed by atoms with van der Waals surface area (Å²) in [5.74, 6) is 0. The van der Waals surface area contributed by atoms with Crippen LogP contribution in [0.25, 0.3) is 0 Å². The third-order valence-electron chi connectivity index (χ3n) is 3.18. The number of hydrogen-bond acceptors (Lipinski definition) is 4. The second-order valence-corrected chi connectivity index (χ2v) is 6.18. The van der Waals surface area contributed by atoms with Gasteiger partial charge in [-0.15, -0.1) is 0 Å². The minimum Gasteiger partial charge on any atom is -0.346 e. The van der Waals surface area contributed by atoms with E-state index in [-0.39, 0.29) is 0 Å². The Labute approximate surface area is 121 Å². The zero-order chi connectivity index (χ0) is 14.3. The first-order valence-corrected chi connectivity index (χ1v) is 8.17. The summed E-state index contributed by atoms with van der Waals surface area (Å²) in [6.45, 7) is 9.74. The molecule has 1 aromatic heterocycles. The predicted molar refractivity (Wildman–Crippen MR) is 83.5 cm³/mol. The number of anilines is 1. The van der Waals surface area contributed by atoms with Crippen molar-refractivity contribution in [2.45, 2.75) is 65.8 Å². The molecule has 0 amide bonds. The van der Waals surface area contributed by atoms with Crippen molar-refractivity contribution in [1.29, 1.82) is 0 Å². The molecule has 0 bridgehead atoms. The largest absolute Gasteiger partial charge is 0.346 e. The van der Waals surface area contributed by atoms with Gasteiger partial charge in [-0.05, 0) is 26.7 Å². The van der Waals surface area contributed by atoms with Gasteiger partial charge in [-0.1, -0.05) is 44.4 Å². The van der Waals surface area contributed by atoms with E-state index in [1.807, 2.05) is 0 Å². The van der Waals surface area contributed by atoms with Gasteiger partial charge in [0.1, 0.15) is 0 Å². The molecule has 0 aromatic carbocycles. The summed E-state index contributed by atoms with van der Waals surface area (Å²) in [6, 6.07) is 0.428. The highest BCUT2D eigenvalue weighted by Crippen LogP contribution is 2.27. The lowest BCUT2D eigenvalue weighted by Crippen LogP contribution is -2.31. The molecule has 3 nitrogen and oxygen atoms in total. The van der Waals surface area contributed by atoms with Crippen LogP contribution in [-0.4, -0.2) is 23.9 Å². The van der Waals surface area contributed by atoms with Crippen LogP contribution in [0.1, 0.15) is 68.7 Å². The van der Waals surface area contributed by atoms with Gasteiger partial charge in [-0.25, -0.2) is 4.98 Å². The second-order valence-electron chi connectivity index (χ2n) is 5.17. The number of aryl methyl sites for hydroxylation is 1. The van der Waals surface area contributed by atoms with Gasteiger partial charge in [0.15, 0.2) is 11.4 Å². The van der Waals surface area contributed by atoms with E-state index in [0.717, 1.165) is 41.4 Å². The molecule has 19 heavy (non-hydrogen) atoms. The van der Waals surface area contributed by atoms with Crippen LogP contribution in [0, 0.1) is 0 Å². The van der Waals surface area contributed by atoms with Crippen LogP contribution in [0.15, 0.2) is 0 Å². The van der Waals surface area contributed by atoms with Crippen molar-refractivity contribution in [1.82, 2.24) is 4.98 Å². The fourth-order valence-corrected chi connectivity index (χ4v) is 3.17. The van der Waals surface area contributed by atoms with Crippen molar-refractivity contribution in [3.63, 3.8) is 0 Å². The molecule has 1 heterocycles. The Hall–Kier alpha value is -0.900. The lowest BCUT2D eigenvalue weighted by molar-refractivity contribution is 0.112. The Bertz CT molecular complexity index is 387. The molecule has 0 saturated heterocycles. The highest BCUT2D eigenvalue weighted by molar-refractivity contribution is 7.17. The van der Waals surface area contributed by atoms with Crippen LogP contribution >= 0.6 is 11.3 Å². The van der Waals surface area contributed by atoms with Crippen LogP contribution in [0.4, 0.5) is 5.13 Å². The normalized spacial score (nSPS) is 11.0. The van der Waals surface area contributed by atoms with Crippen LogP contribution < -0.4 is 4.90 Å². The monoisotopic (exact) mass is 282 g/mol. The molecule has 0 atom stereocenters. The third-order valence-corrected chi connectivity index (χ3v) is 4.24. The molecule has 0 aliphatic heterocycles. The molecule has 0 saturated carbocycles.